The van der Waals surface area contributed by atoms with Crippen molar-refractivity contribution in [2.45, 2.75) is 32.7 Å². The average molecular weight is 311 g/mol. The van der Waals surface area contributed by atoms with Crippen molar-refractivity contribution >= 4 is 27.4 Å². The molecule has 1 saturated heterocycles. The number of sulfonamides is 1. The van der Waals surface area contributed by atoms with Crippen LogP contribution in [-0.2, 0) is 10.0 Å². The van der Waals surface area contributed by atoms with E-state index in [0.29, 0.717) is 24.3 Å². The fourth-order valence-corrected chi connectivity index (χ4v) is 3.70. The number of rotatable bonds is 4. The van der Waals surface area contributed by atoms with E-state index in [2.05, 4.69) is 10.6 Å². The van der Waals surface area contributed by atoms with Crippen molar-refractivity contribution in [3.05, 3.63) is 24.3 Å². The Labute approximate surface area is 125 Å². The molecule has 1 unspecified atom stereocenters. The third kappa shape index (κ3) is 3.87. The molecule has 1 heterocycles. The zero-order valence-corrected chi connectivity index (χ0v) is 13.1. The summed E-state index contributed by atoms with van der Waals surface area (Å²) in [6.45, 7) is 4.45. The van der Waals surface area contributed by atoms with Crippen molar-refractivity contribution < 1.29 is 13.2 Å². The fraction of sp³-hybridized carbons (Fsp3) is 0.500. The van der Waals surface area contributed by atoms with Crippen LogP contribution < -0.4 is 14.9 Å². The highest BCUT2D eigenvalue weighted by molar-refractivity contribution is 7.93. The van der Waals surface area contributed by atoms with Gasteiger partial charge in [0.05, 0.1) is 11.4 Å². The van der Waals surface area contributed by atoms with Gasteiger partial charge in [-0.3, -0.25) is 4.31 Å². The van der Waals surface area contributed by atoms with Crippen molar-refractivity contribution in [2.24, 2.45) is 0 Å². The van der Waals surface area contributed by atoms with Crippen LogP contribution in [0.1, 0.15) is 26.7 Å². The van der Waals surface area contributed by atoms with Gasteiger partial charge < -0.3 is 10.6 Å². The van der Waals surface area contributed by atoms with E-state index in [1.54, 1.807) is 24.3 Å². The minimum atomic E-state index is -3.16. The molecule has 2 N–H and O–H groups in total. The second-order valence-electron chi connectivity index (χ2n) is 5.20. The van der Waals surface area contributed by atoms with Crippen LogP contribution in [0.15, 0.2) is 24.3 Å². The first-order valence-corrected chi connectivity index (χ1v) is 8.71. The summed E-state index contributed by atoms with van der Waals surface area (Å²) in [4.78, 5) is 11.7. The Bertz CT molecular complexity index is 598. The molecular weight excluding hydrogens is 290 g/mol. The van der Waals surface area contributed by atoms with Crippen molar-refractivity contribution in [2.75, 3.05) is 21.9 Å². The van der Waals surface area contributed by atoms with Crippen molar-refractivity contribution in [3.8, 4) is 0 Å². The Morgan fingerprint density at radius 3 is 2.52 bits per heavy atom. The number of anilines is 2. The maximum atomic E-state index is 11.8. The predicted octanol–water partition coefficient (Wildman–Crippen LogP) is 2.15. The lowest BCUT2D eigenvalue weighted by Crippen LogP contribution is -2.35. The molecule has 2 amide bonds. The number of nitrogens with one attached hydrogen (secondary N) is 2. The third-order valence-corrected chi connectivity index (χ3v) is 5.37. The van der Waals surface area contributed by atoms with Gasteiger partial charge in [0.15, 0.2) is 0 Å². The molecule has 2 rings (SSSR count). The second-order valence-corrected chi connectivity index (χ2v) is 7.21. The minimum absolute atomic E-state index is 0.110. The molecule has 116 valence electrons. The van der Waals surface area contributed by atoms with Crippen molar-refractivity contribution in [1.82, 2.24) is 5.32 Å². The topological polar surface area (TPSA) is 78.5 Å². The van der Waals surface area contributed by atoms with E-state index in [-0.39, 0.29) is 17.8 Å². The summed E-state index contributed by atoms with van der Waals surface area (Å²) in [6.07, 6.45) is 1.51. The molecule has 1 fully saturated rings. The van der Waals surface area contributed by atoms with E-state index >= 15 is 0 Å². The normalized spacial score (nSPS) is 18.3. The maximum Gasteiger partial charge on any atom is 0.319 e. The Morgan fingerprint density at radius 1 is 1.33 bits per heavy atom. The van der Waals surface area contributed by atoms with E-state index < -0.39 is 10.0 Å². The summed E-state index contributed by atoms with van der Waals surface area (Å²) in [5.74, 6) is 0.199. The maximum absolute atomic E-state index is 11.8. The summed E-state index contributed by atoms with van der Waals surface area (Å²) in [7, 11) is -3.16. The lowest BCUT2D eigenvalue weighted by atomic mass is 10.2. The van der Waals surface area contributed by atoms with Crippen molar-refractivity contribution in [1.29, 1.82) is 0 Å². The lowest BCUT2D eigenvalue weighted by molar-refractivity contribution is 0.249. The van der Waals surface area contributed by atoms with Gasteiger partial charge in [0, 0.05) is 18.3 Å². The highest BCUT2D eigenvalue weighted by Crippen LogP contribution is 2.25. The molecule has 0 spiro atoms. The molecule has 7 heteroatoms. The first-order valence-electron chi connectivity index (χ1n) is 7.10. The van der Waals surface area contributed by atoms with Crippen LogP contribution in [0.4, 0.5) is 16.2 Å². The zero-order chi connectivity index (χ0) is 15.5. The standard InChI is InChI=1S/C14H21N3O3S/c1-3-11(2)15-14(18)16-12-5-7-13(8-6-12)17-9-4-10-21(17,19)20/h5-8,11H,3-4,9-10H2,1-2H3,(H2,15,16,18). The quantitative estimate of drug-likeness (QED) is 0.894. The molecule has 0 radical (unpaired) electrons. The fourth-order valence-electron chi connectivity index (χ4n) is 2.13. The first kappa shape index (κ1) is 15.6. The first-order chi connectivity index (χ1) is 9.92. The molecule has 6 nitrogen and oxygen atoms in total. The van der Waals surface area contributed by atoms with Crippen LogP contribution in [-0.4, -0.2) is 32.8 Å². The minimum Gasteiger partial charge on any atom is -0.335 e. The SMILES string of the molecule is CCC(C)NC(=O)Nc1ccc(N2CCCS2(=O)=O)cc1. The Balaban J connectivity index is 2.01. The number of nitrogens with zero attached hydrogens (tertiary/aromatic N) is 1. The molecule has 0 saturated carbocycles. The molecule has 1 aliphatic rings. The molecule has 1 atom stereocenters. The van der Waals surface area contributed by atoms with Gasteiger partial charge in [-0.1, -0.05) is 6.92 Å². The highest BCUT2D eigenvalue weighted by atomic mass is 32.2. The third-order valence-electron chi connectivity index (χ3n) is 3.50. The van der Waals surface area contributed by atoms with Crippen LogP contribution in [0, 0.1) is 0 Å². The molecule has 0 bridgehead atoms. The zero-order valence-electron chi connectivity index (χ0n) is 12.3. The highest BCUT2D eigenvalue weighted by Gasteiger charge is 2.28. The van der Waals surface area contributed by atoms with Gasteiger partial charge in [0.25, 0.3) is 0 Å². The van der Waals surface area contributed by atoms with E-state index in [9.17, 15) is 13.2 Å². The van der Waals surface area contributed by atoms with Crippen LogP contribution in [0.5, 0.6) is 0 Å². The number of hydrogen-bond donors (Lipinski definition) is 2. The van der Waals surface area contributed by atoms with Gasteiger partial charge >= 0.3 is 6.03 Å². The number of benzene rings is 1. The monoisotopic (exact) mass is 311 g/mol. The van der Waals surface area contributed by atoms with Crippen LogP contribution in [0.2, 0.25) is 0 Å². The van der Waals surface area contributed by atoms with Crippen LogP contribution >= 0.6 is 0 Å². The second kappa shape index (κ2) is 6.34. The van der Waals surface area contributed by atoms with Gasteiger partial charge in [-0.05, 0) is 44.0 Å². The van der Waals surface area contributed by atoms with E-state index in [1.807, 2.05) is 13.8 Å². The predicted molar refractivity (Wildman–Crippen MR) is 84.1 cm³/mol. The van der Waals surface area contributed by atoms with Gasteiger partial charge in [0.2, 0.25) is 10.0 Å². The average Bonchev–Trinajstić information content (AvgIpc) is 2.79. The molecular formula is C14H21N3O3S. The molecule has 0 aliphatic carbocycles. The number of carbonyl (C=O) groups excluding carboxylic acids is 1. The summed E-state index contributed by atoms with van der Waals surface area (Å²) in [6, 6.07) is 6.69. The molecule has 0 aromatic heterocycles. The Morgan fingerprint density at radius 2 is 2.00 bits per heavy atom. The van der Waals surface area contributed by atoms with Gasteiger partial charge in [-0.25, -0.2) is 13.2 Å². The van der Waals surface area contributed by atoms with E-state index in [4.69, 9.17) is 0 Å². The number of carbonyl (C=O) groups is 1. The van der Waals surface area contributed by atoms with Gasteiger partial charge in [0.1, 0.15) is 0 Å². The summed E-state index contributed by atoms with van der Waals surface area (Å²) in [5.41, 5.74) is 1.27. The van der Waals surface area contributed by atoms with E-state index in [0.717, 1.165) is 6.42 Å². The molecule has 1 aromatic rings. The molecule has 1 aromatic carbocycles. The number of urea groups is 1. The smallest absolute Gasteiger partial charge is 0.319 e. The van der Waals surface area contributed by atoms with Gasteiger partial charge in [-0.15, -0.1) is 0 Å². The van der Waals surface area contributed by atoms with Gasteiger partial charge in [-0.2, -0.15) is 0 Å². The van der Waals surface area contributed by atoms with E-state index in [1.165, 1.54) is 4.31 Å². The number of amides is 2. The molecule has 21 heavy (non-hydrogen) atoms. The van der Waals surface area contributed by atoms with Crippen molar-refractivity contribution in [3.63, 3.8) is 0 Å². The Hall–Kier alpha value is -1.76. The summed E-state index contributed by atoms with van der Waals surface area (Å²) in [5, 5.41) is 5.53. The van der Waals surface area contributed by atoms with Crippen LogP contribution in [0.25, 0.3) is 0 Å². The summed E-state index contributed by atoms with van der Waals surface area (Å²) < 4.78 is 25.1. The lowest BCUT2D eigenvalue weighted by Gasteiger charge is -2.17. The summed E-state index contributed by atoms with van der Waals surface area (Å²) >= 11 is 0. The number of hydrogen-bond acceptors (Lipinski definition) is 3. The largest absolute Gasteiger partial charge is 0.335 e. The van der Waals surface area contributed by atoms with Crippen LogP contribution in [0.3, 0.4) is 0 Å². The Kier molecular flexibility index (Phi) is 4.72. The molecule has 1 aliphatic heterocycles.